The number of aromatic nitrogens is 2. The number of hydrogen-bond acceptors (Lipinski definition) is 3. The molecule has 0 atom stereocenters. The van der Waals surface area contributed by atoms with Crippen LogP contribution in [0.25, 0.3) is 11.0 Å². The maximum Gasteiger partial charge on any atom is 0.251 e. The molecule has 3 rings (SSSR count). The molecule has 3 aromatic rings. The summed E-state index contributed by atoms with van der Waals surface area (Å²) in [6.45, 7) is 2.41. The first-order chi connectivity index (χ1) is 13.5. The number of nitrogens with zero attached hydrogens (tertiary/aromatic N) is 3. The van der Waals surface area contributed by atoms with Gasteiger partial charge in [-0.1, -0.05) is 35.3 Å². The Balaban J connectivity index is 1.67. The molecule has 1 N–H and O–H groups in total. The van der Waals surface area contributed by atoms with E-state index in [-0.39, 0.29) is 5.91 Å². The molecular formula is C21H24Cl2N4O. The number of para-hydroxylation sites is 2. The maximum atomic E-state index is 12.4. The summed E-state index contributed by atoms with van der Waals surface area (Å²) in [5.74, 6) is 0.809. The largest absolute Gasteiger partial charge is 0.352 e. The van der Waals surface area contributed by atoms with Crippen LogP contribution in [0.5, 0.6) is 0 Å². The van der Waals surface area contributed by atoms with E-state index in [4.69, 9.17) is 28.2 Å². The fraction of sp³-hybridized carbons (Fsp3) is 0.333. The topological polar surface area (TPSA) is 50.2 Å². The highest BCUT2D eigenvalue weighted by Crippen LogP contribution is 2.22. The van der Waals surface area contributed by atoms with Gasteiger partial charge in [-0.05, 0) is 57.4 Å². The molecule has 28 heavy (non-hydrogen) atoms. The van der Waals surface area contributed by atoms with Gasteiger partial charge in [0.25, 0.3) is 5.91 Å². The average molecular weight is 419 g/mol. The number of fused-ring (bicyclic) bond motifs is 1. The first-order valence-corrected chi connectivity index (χ1v) is 10.0. The van der Waals surface area contributed by atoms with Gasteiger partial charge in [0.15, 0.2) is 0 Å². The molecular weight excluding hydrogens is 395 g/mol. The van der Waals surface area contributed by atoms with E-state index in [2.05, 4.69) is 34.9 Å². The first-order valence-electron chi connectivity index (χ1n) is 9.28. The normalized spacial score (nSPS) is 11.3. The molecule has 0 saturated heterocycles. The van der Waals surface area contributed by atoms with Gasteiger partial charge in [-0.15, -0.1) is 0 Å². The summed E-state index contributed by atoms with van der Waals surface area (Å²) in [5.41, 5.74) is 2.61. The molecule has 1 heterocycles. The fourth-order valence-electron chi connectivity index (χ4n) is 3.14. The number of nitrogens with one attached hydrogen (secondary N) is 1. The quantitative estimate of drug-likeness (QED) is 0.594. The van der Waals surface area contributed by atoms with E-state index in [0.717, 1.165) is 36.4 Å². The van der Waals surface area contributed by atoms with Crippen molar-refractivity contribution in [2.45, 2.75) is 19.4 Å². The first kappa shape index (κ1) is 20.6. The van der Waals surface area contributed by atoms with Crippen LogP contribution in [0.2, 0.25) is 10.0 Å². The molecule has 0 saturated carbocycles. The van der Waals surface area contributed by atoms with Crippen LogP contribution in [0.1, 0.15) is 22.6 Å². The molecule has 0 aliphatic rings. The highest BCUT2D eigenvalue weighted by atomic mass is 35.5. The van der Waals surface area contributed by atoms with Crippen molar-refractivity contribution in [2.75, 3.05) is 27.2 Å². The predicted octanol–water partition coefficient (Wildman–Crippen LogP) is 4.27. The van der Waals surface area contributed by atoms with Crippen LogP contribution in [0.4, 0.5) is 0 Å². The maximum absolute atomic E-state index is 12.4. The number of hydrogen-bond donors (Lipinski definition) is 1. The summed E-state index contributed by atoms with van der Waals surface area (Å²) >= 11 is 11.9. The molecule has 0 bridgehead atoms. The molecule has 5 nitrogen and oxygen atoms in total. The molecule has 0 aliphatic heterocycles. The summed E-state index contributed by atoms with van der Waals surface area (Å²) in [5, 5.41) is 3.74. The van der Waals surface area contributed by atoms with Gasteiger partial charge in [0.2, 0.25) is 0 Å². The number of carbonyl (C=O) groups is 1. The molecule has 0 aliphatic carbocycles. The summed E-state index contributed by atoms with van der Waals surface area (Å²) < 4.78 is 2.25. The number of imidazole rings is 1. The SMILES string of the molecule is CN(C)CCCn1c(CCNC(=O)c2ccc(Cl)c(Cl)c2)nc2ccccc21. The third-order valence-corrected chi connectivity index (χ3v) is 5.28. The lowest BCUT2D eigenvalue weighted by Crippen LogP contribution is -2.26. The van der Waals surface area contributed by atoms with Crippen LogP contribution in [0.15, 0.2) is 42.5 Å². The fourth-order valence-corrected chi connectivity index (χ4v) is 3.44. The van der Waals surface area contributed by atoms with Gasteiger partial charge in [0.05, 0.1) is 21.1 Å². The van der Waals surface area contributed by atoms with Crippen molar-refractivity contribution in [2.24, 2.45) is 0 Å². The van der Waals surface area contributed by atoms with Gasteiger partial charge in [0, 0.05) is 25.1 Å². The molecule has 1 aromatic heterocycles. The average Bonchev–Trinajstić information content (AvgIpc) is 3.01. The minimum atomic E-state index is -0.172. The summed E-state index contributed by atoms with van der Waals surface area (Å²) in [6, 6.07) is 13.0. The van der Waals surface area contributed by atoms with Crippen LogP contribution in [-0.2, 0) is 13.0 Å². The summed E-state index contributed by atoms with van der Waals surface area (Å²) in [6.07, 6.45) is 1.69. The molecule has 1 amide bonds. The van der Waals surface area contributed by atoms with Crippen LogP contribution in [0, 0.1) is 0 Å². The monoisotopic (exact) mass is 418 g/mol. The Hall–Kier alpha value is -2.08. The number of rotatable bonds is 8. The van der Waals surface area contributed by atoms with E-state index in [9.17, 15) is 4.79 Å². The third-order valence-electron chi connectivity index (χ3n) is 4.54. The highest BCUT2D eigenvalue weighted by molar-refractivity contribution is 6.42. The second kappa shape index (κ2) is 9.41. The van der Waals surface area contributed by atoms with Crippen molar-refractivity contribution in [3.8, 4) is 0 Å². The van der Waals surface area contributed by atoms with Gasteiger partial charge >= 0.3 is 0 Å². The smallest absolute Gasteiger partial charge is 0.251 e. The van der Waals surface area contributed by atoms with Crippen molar-refractivity contribution in [3.05, 3.63) is 63.9 Å². The van der Waals surface area contributed by atoms with Crippen molar-refractivity contribution < 1.29 is 4.79 Å². The number of halogens is 2. The third kappa shape index (κ3) is 5.04. The van der Waals surface area contributed by atoms with Crippen molar-refractivity contribution in [3.63, 3.8) is 0 Å². The van der Waals surface area contributed by atoms with E-state index < -0.39 is 0 Å². The van der Waals surface area contributed by atoms with Crippen molar-refractivity contribution >= 4 is 40.1 Å². The van der Waals surface area contributed by atoms with Crippen LogP contribution >= 0.6 is 23.2 Å². The highest BCUT2D eigenvalue weighted by Gasteiger charge is 2.12. The van der Waals surface area contributed by atoms with Crippen LogP contribution < -0.4 is 5.32 Å². The minimum absolute atomic E-state index is 0.172. The predicted molar refractivity (Wildman–Crippen MR) is 115 cm³/mol. The Bertz CT molecular complexity index is 968. The number of aryl methyl sites for hydroxylation is 1. The molecule has 2 aromatic carbocycles. The molecule has 0 fully saturated rings. The Morgan fingerprint density at radius 2 is 1.93 bits per heavy atom. The van der Waals surface area contributed by atoms with Crippen molar-refractivity contribution in [1.82, 2.24) is 19.8 Å². The summed E-state index contributed by atoms with van der Waals surface area (Å²) in [7, 11) is 4.15. The standard InChI is InChI=1S/C21H24Cl2N4O/c1-26(2)12-5-13-27-19-7-4-3-6-18(19)25-20(27)10-11-24-21(28)15-8-9-16(22)17(23)14-15/h3-4,6-9,14H,5,10-13H2,1-2H3,(H,24,28). The lowest BCUT2D eigenvalue weighted by Gasteiger charge is -2.13. The number of carbonyl (C=O) groups excluding carboxylic acids is 1. The molecule has 0 unspecified atom stereocenters. The van der Waals surface area contributed by atoms with Gasteiger partial charge in [0.1, 0.15) is 5.82 Å². The molecule has 148 valence electrons. The van der Waals surface area contributed by atoms with E-state index in [1.807, 2.05) is 18.2 Å². The zero-order chi connectivity index (χ0) is 20.1. The lowest BCUT2D eigenvalue weighted by molar-refractivity contribution is 0.0954. The second-order valence-electron chi connectivity index (χ2n) is 6.96. The Kier molecular flexibility index (Phi) is 6.94. The van der Waals surface area contributed by atoms with E-state index in [1.54, 1.807) is 18.2 Å². The van der Waals surface area contributed by atoms with Gasteiger partial charge in [-0.3, -0.25) is 4.79 Å². The van der Waals surface area contributed by atoms with E-state index in [0.29, 0.717) is 28.6 Å². The minimum Gasteiger partial charge on any atom is -0.352 e. The number of amides is 1. The van der Waals surface area contributed by atoms with Gasteiger partial charge in [-0.25, -0.2) is 4.98 Å². The Morgan fingerprint density at radius 3 is 2.68 bits per heavy atom. The van der Waals surface area contributed by atoms with E-state index >= 15 is 0 Å². The summed E-state index contributed by atoms with van der Waals surface area (Å²) in [4.78, 5) is 19.3. The van der Waals surface area contributed by atoms with Crippen LogP contribution in [0.3, 0.4) is 0 Å². The molecule has 7 heteroatoms. The van der Waals surface area contributed by atoms with E-state index in [1.165, 1.54) is 0 Å². The van der Waals surface area contributed by atoms with Crippen molar-refractivity contribution in [1.29, 1.82) is 0 Å². The zero-order valence-corrected chi connectivity index (χ0v) is 17.6. The lowest BCUT2D eigenvalue weighted by atomic mass is 10.2. The zero-order valence-electron chi connectivity index (χ0n) is 16.1. The Labute approximate surface area is 175 Å². The molecule has 0 spiro atoms. The Morgan fingerprint density at radius 1 is 1.14 bits per heavy atom. The van der Waals surface area contributed by atoms with Crippen LogP contribution in [-0.4, -0.2) is 47.5 Å². The van der Waals surface area contributed by atoms with Gasteiger partial charge in [-0.2, -0.15) is 0 Å². The molecule has 0 radical (unpaired) electrons. The number of benzene rings is 2. The second-order valence-corrected chi connectivity index (χ2v) is 7.77. The van der Waals surface area contributed by atoms with Gasteiger partial charge < -0.3 is 14.8 Å².